The average Bonchev–Trinajstić information content (AvgIpc) is 2.59. The maximum absolute atomic E-state index is 11.4. The Labute approximate surface area is 97.8 Å². The van der Waals surface area contributed by atoms with Crippen LogP contribution in [0.4, 0.5) is 0 Å². The van der Waals surface area contributed by atoms with Crippen molar-refractivity contribution in [3.63, 3.8) is 0 Å². The number of hydrogen-bond acceptors (Lipinski definition) is 2. The van der Waals surface area contributed by atoms with Crippen LogP contribution in [0.3, 0.4) is 0 Å². The Morgan fingerprint density at radius 2 is 1.94 bits per heavy atom. The van der Waals surface area contributed by atoms with Gasteiger partial charge in [-0.3, -0.25) is 9.69 Å². The van der Waals surface area contributed by atoms with Gasteiger partial charge in [0.15, 0.2) is 0 Å². The summed E-state index contributed by atoms with van der Waals surface area (Å²) in [6.45, 7) is 6.09. The highest BCUT2D eigenvalue weighted by Gasteiger charge is 2.50. The smallest absolute Gasteiger partial charge is 0.308 e. The molecule has 3 nitrogen and oxygen atoms in total. The van der Waals surface area contributed by atoms with Crippen LogP contribution in [-0.2, 0) is 4.79 Å². The zero-order valence-electron chi connectivity index (χ0n) is 10.4. The molecular formula is C13H23NO2. The lowest BCUT2D eigenvalue weighted by Gasteiger charge is -2.36. The van der Waals surface area contributed by atoms with Crippen molar-refractivity contribution >= 4 is 5.97 Å². The lowest BCUT2D eigenvalue weighted by atomic mass is 9.68. The molecule has 1 aliphatic heterocycles. The molecule has 0 amide bonds. The Kier molecular flexibility index (Phi) is 3.24. The third kappa shape index (κ3) is 1.97. The van der Waals surface area contributed by atoms with Crippen molar-refractivity contribution in [1.29, 1.82) is 0 Å². The van der Waals surface area contributed by atoms with Crippen LogP contribution in [0.2, 0.25) is 0 Å². The number of likely N-dealkylation sites (tertiary alicyclic amines) is 1. The van der Waals surface area contributed by atoms with Crippen LogP contribution in [-0.4, -0.2) is 35.1 Å². The second-order valence-electron chi connectivity index (χ2n) is 5.84. The van der Waals surface area contributed by atoms with Crippen LogP contribution >= 0.6 is 0 Å². The van der Waals surface area contributed by atoms with Gasteiger partial charge in [0.1, 0.15) is 0 Å². The van der Waals surface area contributed by atoms with E-state index in [1.807, 2.05) is 0 Å². The van der Waals surface area contributed by atoms with Gasteiger partial charge in [-0.25, -0.2) is 0 Å². The summed E-state index contributed by atoms with van der Waals surface area (Å²) in [6.07, 6.45) is 5.96. The van der Waals surface area contributed by atoms with Crippen LogP contribution in [0.25, 0.3) is 0 Å². The fraction of sp³-hybridized carbons (Fsp3) is 0.923. The van der Waals surface area contributed by atoms with E-state index in [1.165, 1.54) is 19.3 Å². The van der Waals surface area contributed by atoms with Crippen LogP contribution in [0.1, 0.15) is 46.0 Å². The van der Waals surface area contributed by atoms with Crippen molar-refractivity contribution in [2.75, 3.05) is 13.1 Å². The first-order valence-electron chi connectivity index (χ1n) is 6.52. The second kappa shape index (κ2) is 4.36. The molecule has 2 fully saturated rings. The molecule has 1 saturated carbocycles. The Hall–Kier alpha value is -0.570. The topological polar surface area (TPSA) is 40.5 Å². The van der Waals surface area contributed by atoms with Crippen LogP contribution in [0.5, 0.6) is 0 Å². The van der Waals surface area contributed by atoms with Gasteiger partial charge in [0.05, 0.1) is 5.92 Å². The number of carboxylic acid groups (broad SMARTS) is 1. The first kappa shape index (κ1) is 11.9. The maximum Gasteiger partial charge on any atom is 0.308 e. The normalized spacial score (nSPS) is 30.1. The van der Waals surface area contributed by atoms with Gasteiger partial charge in [-0.1, -0.05) is 19.3 Å². The first-order valence-corrected chi connectivity index (χ1v) is 6.52. The van der Waals surface area contributed by atoms with Crippen molar-refractivity contribution in [2.45, 2.75) is 52.0 Å². The van der Waals surface area contributed by atoms with E-state index in [9.17, 15) is 9.90 Å². The fourth-order valence-electron chi connectivity index (χ4n) is 3.50. The van der Waals surface area contributed by atoms with E-state index in [2.05, 4.69) is 18.7 Å². The zero-order chi connectivity index (χ0) is 11.8. The Morgan fingerprint density at radius 1 is 1.31 bits per heavy atom. The van der Waals surface area contributed by atoms with Gasteiger partial charge in [-0.05, 0) is 32.1 Å². The summed E-state index contributed by atoms with van der Waals surface area (Å²) in [5, 5.41) is 9.40. The van der Waals surface area contributed by atoms with Crippen molar-refractivity contribution in [1.82, 2.24) is 4.90 Å². The molecule has 3 heteroatoms. The fourth-order valence-corrected chi connectivity index (χ4v) is 3.50. The molecule has 1 saturated heterocycles. The molecule has 0 aromatic heterocycles. The molecule has 1 atom stereocenters. The molecule has 1 N–H and O–H groups in total. The number of rotatable bonds is 2. The lowest BCUT2D eigenvalue weighted by molar-refractivity contribution is -0.145. The summed E-state index contributed by atoms with van der Waals surface area (Å²) in [4.78, 5) is 13.8. The summed E-state index contributed by atoms with van der Waals surface area (Å²) < 4.78 is 0. The summed E-state index contributed by atoms with van der Waals surface area (Å²) in [5.41, 5.74) is 0.0916. The molecular weight excluding hydrogens is 202 g/mol. The first-order chi connectivity index (χ1) is 7.55. The van der Waals surface area contributed by atoms with Crippen LogP contribution in [0, 0.1) is 11.3 Å². The van der Waals surface area contributed by atoms with Crippen molar-refractivity contribution < 1.29 is 9.90 Å². The van der Waals surface area contributed by atoms with Crippen LogP contribution in [0.15, 0.2) is 0 Å². The molecule has 92 valence electrons. The number of carbonyl (C=O) groups is 1. The molecule has 2 rings (SSSR count). The van der Waals surface area contributed by atoms with E-state index in [0.29, 0.717) is 6.04 Å². The summed E-state index contributed by atoms with van der Waals surface area (Å²) in [7, 11) is 0. The maximum atomic E-state index is 11.4. The monoisotopic (exact) mass is 225 g/mol. The largest absolute Gasteiger partial charge is 0.481 e. The number of carboxylic acids is 1. The van der Waals surface area contributed by atoms with E-state index >= 15 is 0 Å². The van der Waals surface area contributed by atoms with Gasteiger partial charge < -0.3 is 5.11 Å². The molecule has 1 aliphatic carbocycles. The molecule has 0 radical (unpaired) electrons. The van der Waals surface area contributed by atoms with E-state index in [0.717, 1.165) is 25.9 Å². The van der Waals surface area contributed by atoms with E-state index in [1.54, 1.807) is 0 Å². The highest BCUT2D eigenvalue weighted by Crippen LogP contribution is 2.48. The minimum Gasteiger partial charge on any atom is -0.481 e. The third-order valence-corrected chi connectivity index (χ3v) is 4.55. The zero-order valence-corrected chi connectivity index (χ0v) is 10.4. The van der Waals surface area contributed by atoms with Gasteiger partial charge in [0.25, 0.3) is 0 Å². The van der Waals surface area contributed by atoms with E-state index in [4.69, 9.17) is 0 Å². The lowest BCUT2D eigenvalue weighted by Crippen LogP contribution is -2.37. The molecule has 0 unspecified atom stereocenters. The molecule has 1 heterocycles. The molecule has 16 heavy (non-hydrogen) atoms. The highest BCUT2D eigenvalue weighted by molar-refractivity contribution is 5.72. The van der Waals surface area contributed by atoms with E-state index in [-0.39, 0.29) is 11.3 Å². The number of hydrogen-bond donors (Lipinski definition) is 1. The SMILES string of the molecule is CC(C)N1C[C@H](C(=O)O)C2(CCCCC2)C1. The quantitative estimate of drug-likeness (QED) is 0.784. The van der Waals surface area contributed by atoms with Gasteiger partial charge in [-0.2, -0.15) is 0 Å². The Balaban J connectivity index is 2.17. The predicted octanol–water partition coefficient (Wildman–Crippen LogP) is 2.36. The summed E-state index contributed by atoms with van der Waals surface area (Å²) >= 11 is 0. The van der Waals surface area contributed by atoms with Crippen molar-refractivity contribution in [3.05, 3.63) is 0 Å². The molecule has 0 aromatic carbocycles. The molecule has 2 aliphatic rings. The molecule has 0 aromatic rings. The molecule has 1 spiro atoms. The van der Waals surface area contributed by atoms with Gasteiger partial charge in [0, 0.05) is 19.1 Å². The number of nitrogens with zero attached hydrogens (tertiary/aromatic N) is 1. The third-order valence-electron chi connectivity index (χ3n) is 4.55. The summed E-state index contributed by atoms with van der Waals surface area (Å²) in [6, 6.07) is 0.475. The van der Waals surface area contributed by atoms with E-state index < -0.39 is 5.97 Å². The van der Waals surface area contributed by atoms with Gasteiger partial charge in [-0.15, -0.1) is 0 Å². The number of aliphatic carboxylic acids is 1. The Morgan fingerprint density at radius 3 is 2.44 bits per heavy atom. The Bertz CT molecular complexity index is 269. The van der Waals surface area contributed by atoms with Gasteiger partial charge in [0.2, 0.25) is 0 Å². The minimum absolute atomic E-state index is 0.0916. The van der Waals surface area contributed by atoms with Crippen LogP contribution < -0.4 is 0 Å². The van der Waals surface area contributed by atoms with Crippen molar-refractivity contribution in [2.24, 2.45) is 11.3 Å². The standard InChI is InChI=1S/C13H23NO2/c1-10(2)14-8-11(12(15)16)13(9-14)6-4-3-5-7-13/h10-11H,3-9H2,1-2H3,(H,15,16)/t11-/m1/s1. The van der Waals surface area contributed by atoms with Gasteiger partial charge >= 0.3 is 5.97 Å². The van der Waals surface area contributed by atoms with Crippen molar-refractivity contribution in [3.8, 4) is 0 Å². The molecule has 0 bridgehead atoms. The summed E-state index contributed by atoms with van der Waals surface area (Å²) in [5.74, 6) is -0.708. The average molecular weight is 225 g/mol. The predicted molar refractivity (Wildman–Crippen MR) is 63.4 cm³/mol. The minimum atomic E-state index is -0.579. The second-order valence-corrected chi connectivity index (χ2v) is 5.84. The highest BCUT2D eigenvalue weighted by atomic mass is 16.4.